The molecule has 20 heavy (non-hydrogen) atoms. The minimum Gasteiger partial charge on any atom is -0.503 e. The zero-order valence-electron chi connectivity index (χ0n) is 9.99. The summed E-state index contributed by atoms with van der Waals surface area (Å²) in [5.74, 6) is -9.50. The van der Waals surface area contributed by atoms with Gasteiger partial charge in [0.1, 0.15) is 6.04 Å². The Morgan fingerprint density at radius 1 is 1.35 bits per heavy atom. The highest BCUT2D eigenvalue weighted by molar-refractivity contribution is 5.97. The summed E-state index contributed by atoms with van der Waals surface area (Å²) >= 11 is 0. The average molecular weight is 289 g/mol. The van der Waals surface area contributed by atoms with Gasteiger partial charge in [0.25, 0.3) is 5.91 Å². The number of hydrogen-bond donors (Lipinski definition) is 3. The Labute approximate surface area is 111 Å². The third-order valence-corrected chi connectivity index (χ3v) is 2.38. The van der Waals surface area contributed by atoms with Crippen LogP contribution >= 0.6 is 0 Å². The number of aromatic hydroxyl groups is 1. The molecule has 1 aromatic rings. The second-order valence-corrected chi connectivity index (χ2v) is 3.77. The zero-order valence-corrected chi connectivity index (χ0v) is 9.99. The Kier molecular flexibility index (Phi) is 4.73. The van der Waals surface area contributed by atoms with Crippen molar-refractivity contribution in [2.75, 3.05) is 0 Å². The number of nitrogens with one attached hydrogen (secondary N) is 1. The van der Waals surface area contributed by atoms with Gasteiger partial charge in [-0.05, 0) is 12.5 Å². The summed E-state index contributed by atoms with van der Waals surface area (Å²) in [4.78, 5) is 22.4. The van der Waals surface area contributed by atoms with Gasteiger partial charge in [0.2, 0.25) is 5.82 Å². The van der Waals surface area contributed by atoms with E-state index in [1.807, 2.05) is 5.32 Å². The SMILES string of the molecule is C=CCC(NC(=O)c1cc(F)c(F)c(O)c1F)C(=O)O. The molecule has 0 radical (unpaired) electrons. The lowest BCUT2D eigenvalue weighted by molar-refractivity contribution is -0.139. The summed E-state index contributed by atoms with van der Waals surface area (Å²) in [6, 6.07) is -1.18. The van der Waals surface area contributed by atoms with E-state index in [4.69, 9.17) is 10.2 Å². The molecule has 0 spiro atoms. The molecule has 1 rings (SSSR count). The Morgan fingerprint density at radius 3 is 2.45 bits per heavy atom. The minimum atomic E-state index is -1.83. The first-order chi connectivity index (χ1) is 9.29. The Bertz CT molecular complexity index is 574. The summed E-state index contributed by atoms with van der Waals surface area (Å²) in [6.45, 7) is 3.28. The second-order valence-electron chi connectivity index (χ2n) is 3.77. The lowest BCUT2D eigenvalue weighted by Gasteiger charge is -2.13. The highest BCUT2D eigenvalue weighted by Crippen LogP contribution is 2.25. The fourth-order valence-electron chi connectivity index (χ4n) is 1.38. The highest BCUT2D eigenvalue weighted by Gasteiger charge is 2.25. The molecule has 0 fully saturated rings. The van der Waals surface area contributed by atoms with Gasteiger partial charge >= 0.3 is 5.97 Å². The van der Waals surface area contributed by atoms with Crippen molar-refractivity contribution < 1.29 is 33.0 Å². The first kappa shape index (κ1) is 15.5. The number of phenols is 1. The van der Waals surface area contributed by atoms with E-state index in [0.717, 1.165) is 0 Å². The van der Waals surface area contributed by atoms with Gasteiger partial charge in [0.15, 0.2) is 17.4 Å². The van der Waals surface area contributed by atoms with Crippen LogP contribution in [0.4, 0.5) is 13.2 Å². The van der Waals surface area contributed by atoms with Crippen LogP contribution in [0.5, 0.6) is 5.75 Å². The average Bonchev–Trinajstić information content (AvgIpc) is 2.39. The number of benzene rings is 1. The van der Waals surface area contributed by atoms with E-state index >= 15 is 0 Å². The maximum atomic E-state index is 13.4. The van der Waals surface area contributed by atoms with Gasteiger partial charge in [-0.1, -0.05) is 6.08 Å². The molecule has 0 saturated heterocycles. The van der Waals surface area contributed by atoms with Crippen LogP contribution in [0.2, 0.25) is 0 Å². The number of carboxylic acid groups (broad SMARTS) is 1. The standard InChI is InChI=1S/C12H10F3NO4/c1-2-3-7(12(19)20)16-11(18)5-4-6(13)9(15)10(17)8(5)14/h2,4,7,17H,1,3H2,(H,16,18)(H,19,20). The van der Waals surface area contributed by atoms with Gasteiger partial charge in [-0.25, -0.2) is 13.6 Å². The van der Waals surface area contributed by atoms with Crippen molar-refractivity contribution in [3.63, 3.8) is 0 Å². The van der Waals surface area contributed by atoms with E-state index in [0.29, 0.717) is 0 Å². The first-order valence-electron chi connectivity index (χ1n) is 5.30. The van der Waals surface area contributed by atoms with Crippen molar-refractivity contribution in [1.29, 1.82) is 0 Å². The van der Waals surface area contributed by atoms with Crippen LogP contribution in [0.25, 0.3) is 0 Å². The lowest BCUT2D eigenvalue weighted by atomic mass is 10.1. The molecular formula is C12H10F3NO4. The molecule has 0 saturated carbocycles. The molecule has 0 heterocycles. The molecule has 0 aliphatic carbocycles. The van der Waals surface area contributed by atoms with Crippen molar-refractivity contribution in [3.05, 3.63) is 41.7 Å². The monoisotopic (exact) mass is 289 g/mol. The van der Waals surface area contributed by atoms with E-state index in [1.54, 1.807) is 0 Å². The van der Waals surface area contributed by atoms with Crippen molar-refractivity contribution in [2.24, 2.45) is 0 Å². The third kappa shape index (κ3) is 3.08. The maximum absolute atomic E-state index is 13.4. The Morgan fingerprint density at radius 2 is 1.95 bits per heavy atom. The van der Waals surface area contributed by atoms with Crippen molar-refractivity contribution in [3.8, 4) is 5.75 Å². The van der Waals surface area contributed by atoms with Crippen LogP contribution in [-0.4, -0.2) is 28.1 Å². The molecule has 1 amide bonds. The Balaban J connectivity index is 3.09. The van der Waals surface area contributed by atoms with Crippen molar-refractivity contribution in [2.45, 2.75) is 12.5 Å². The van der Waals surface area contributed by atoms with Crippen LogP contribution in [0.1, 0.15) is 16.8 Å². The molecular weight excluding hydrogens is 279 g/mol. The van der Waals surface area contributed by atoms with Gasteiger partial charge in [0.05, 0.1) is 5.56 Å². The van der Waals surface area contributed by atoms with Crippen molar-refractivity contribution in [1.82, 2.24) is 5.32 Å². The molecule has 3 N–H and O–H groups in total. The summed E-state index contributed by atoms with van der Waals surface area (Å²) in [6.07, 6.45) is 1.05. The zero-order chi connectivity index (χ0) is 15.4. The van der Waals surface area contributed by atoms with Gasteiger partial charge in [-0.2, -0.15) is 4.39 Å². The lowest BCUT2D eigenvalue weighted by Crippen LogP contribution is -2.40. The number of rotatable bonds is 5. The fourth-order valence-corrected chi connectivity index (χ4v) is 1.38. The normalized spacial score (nSPS) is 11.8. The molecule has 108 valence electrons. The molecule has 1 aromatic carbocycles. The first-order valence-corrected chi connectivity index (χ1v) is 5.30. The minimum absolute atomic E-state index is 0.154. The van der Waals surface area contributed by atoms with Gasteiger partial charge in [-0.3, -0.25) is 4.79 Å². The second kappa shape index (κ2) is 6.09. The molecule has 0 aromatic heterocycles. The van der Waals surface area contributed by atoms with E-state index in [1.165, 1.54) is 6.08 Å². The largest absolute Gasteiger partial charge is 0.503 e. The smallest absolute Gasteiger partial charge is 0.326 e. The molecule has 1 atom stereocenters. The number of hydrogen-bond acceptors (Lipinski definition) is 3. The number of aliphatic carboxylic acids is 1. The number of carboxylic acids is 1. The molecule has 0 bridgehead atoms. The van der Waals surface area contributed by atoms with Crippen LogP contribution in [0, 0.1) is 17.5 Å². The maximum Gasteiger partial charge on any atom is 0.326 e. The van der Waals surface area contributed by atoms with E-state index in [9.17, 15) is 22.8 Å². The number of carbonyl (C=O) groups is 2. The van der Waals surface area contributed by atoms with Gasteiger partial charge in [-0.15, -0.1) is 6.58 Å². The number of phenolic OH excluding ortho intramolecular Hbond substituents is 1. The number of carbonyl (C=O) groups excluding carboxylic acids is 1. The fraction of sp³-hybridized carbons (Fsp3) is 0.167. The van der Waals surface area contributed by atoms with E-state index in [-0.39, 0.29) is 12.5 Å². The van der Waals surface area contributed by atoms with Gasteiger partial charge in [0, 0.05) is 0 Å². The summed E-state index contributed by atoms with van der Waals surface area (Å²) in [7, 11) is 0. The predicted molar refractivity (Wildman–Crippen MR) is 61.7 cm³/mol. The van der Waals surface area contributed by atoms with E-state index < -0.39 is 46.7 Å². The van der Waals surface area contributed by atoms with Crippen LogP contribution < -0.4 is 5.32 Å². The summed E-state index contributed by atoms with van der Waals surface area (Å²) in [5.41, 5.74) is -1.00. The van der Waals surface area contributed by atoms with E-state index in [2.05, 4.69) is 6.58 Å². The summed E-state index contributed by atoms with van der Waals surface area (Å²) < 4.78 is 39.3. The van der Waals surface area contributed by atoms with Gasteiger partial charge < -0.3 is 15.5 Å². The van der Waals surface area contributed by atoms with Crippen molar-refractivity contribution >= 4 is 11.9 Å². The molecule has 8 heteroatoms. The van der Waals surface area contributed by atoms with Crippen LogP contribution in [0.3, 0.4) is 0 Å². The number of amides is 1. The highest BCUT2D eigenvalue weighted by atomic mass is 19.2. The van der Waals surface area contributed by atoms with Crippen LogP contribution in [0.15, 0.2) is 18.7 Å². The topological polar surface area (TPSA) is 86.6 Å². The molecule has 0 aliphatic heterocycles. The number of halogens is 3. The molecule has 0 aliphatic rings. The quantitative estimate of drug-likeness (QED) is 0.567. The van der Waals surface area contributed by atoms with Crippen LogP contribution in [-0.2, 0) is 4.79 Å². The Hall–Kier alpha value is -2.51. The third-order valence-electron chi connectivity index (χ3n) is 2.38. The molecule has 1 unspecified atom stereocenters. The predicted octanol–water partition coefficient (Wildman–Crippen LogP) is 1.57. The summed E-state index contributed by atoms with van der Waals surface area (Å²) in [5, 5.41) is 19.6. The molecule has 5 nitrogen and oxygen atoms in total.